The van der Waals surface area contributed by atoms with Gasteiger partial charge in [0.2, 0.25) is 0 Å². The lowest BCUT2D eigenvalue weighted by Gasteiger charge is -2.11. The number of hydrogen-bond acceptors (Lipinski definition) is 4. The Bertz CT molecular complexity index is 2860. The van der Waals surface area contributed by atoms with Crippen LogP contribution in [0.3, 0.4) is 0 Å². The Balaban J connectivity index is 1.12. The first-order valence-electron chi connectivity index (χ1n) is 17.1. The van der Waals surface area contributed by atoms with Crippen LogP contribution in [0, 0.1) is 0 Å². The third-order valence-corrected chi connectivity index (χ3v) is 9.70. The van der Waals surface area contributed by atoms with Gasteiger partial charge in [-0.05, 0) is 56.6 Å². The highest BCUT2D eigenvalue weighted by Crippen LogP contribution is 2.44. The molecule has 10 rings (SSSR count). The molecule has 8 aromatic carbocycles. The summed E-state index contributed by atoms with van der Waals surface area (Å²) in [6.07, 6.45) is 0. The highest BCUT2D eigenvalue weighted by molar-refractivity contribution is 6.32. The van der Waals surface area contributed by atoms with Gasteiger partial charge in [0.05, 0.1) is 0 Å². The predicted octanol–water partition coefficient (Wildman–Crippen LogP) is 12.4. The van der Waals surface area contributed by atoms with Crippen LogP contribution in [0.15, 0.2) is 180 Å². The Morgan fingerprint density at radius 1 is 0.314 bits per heavy atom. The minimum Gasteiger partial charge on any atom is -0.455 e. The number of fused-ring (bicyclic) bond motifs is 8. The van der Waals surface area contributed by atoms with Gasteiger partial charge in [-0.1, -0.05) is 158 Å². The molecule has 0 spiro atoms. The minimum atomic E-state index is 0.634. The average molecular weight is 652 g/mol. The fourth-order valence-corrected chi connectivity index (χ4v) is 7.33. The molecular weight excluding hydrogens is 623 g/mol. The molecule has 0 amide bonds. The Labute approximate surface area is 294 Å². The van der Waals surface area contributed by atoms with Gasteiger partial charge in [-0.25, -0.2) is 15.0 Å². The first kappa shape index (κ1) is 29.0. The topological polar surface area (TPSA) is 51.8 Å². The third kappa shape index (κ3) is 4.96. The molecule has 0 fully saturated rings. The molecule has 4 heteroatoms. The van der Waals surface area contributed by atoms with Gasteiger partial charge in [0.25, 0.3) is 0 Å². The fourth-order valence-electron chi connectivity index (χ4n) is 7.33. The van der Waals surface area contributed by atoms with Crippen molar-refractivity contribution >= 4 is 43.5 Å². The number of furan rings is 1. The highest BCUT2D eigenvalue weighted by Gasteiger charge is 2.19. The molecule has 0 saturated heterocycles. The monoisotopic (exact) mass is 651 g/mol. The summed E-state index contributed by atoms with van der Waals surface area (Å²) in [5, 5.41) is 7.04. The van der Waals surface area contributed by atoms with Crippen molar-refractivity contribution in [2.24, 2.45) is 0 Å². The number of aromatic nitrogens is 3. The van der Waals surface area contributed by atoms with E-state index in [1.54, 1.807) is 0 Å². The van der Waals surface area contributed by atoms with Crippen molar-refractivity contribution < 1.29 is 4.42 Å². The van der Waals surface area contributed by atoms with E-state index in [9.17, 15) is 0 Å². The zero-order chi connectivity index (χ0) is 33.7. The number of benzene rings is 8. The van der Waals surface area contributed by atoms with Crippen LogP contribution >= 0.6 is 0 Å². The Morgan fingerprint density at radius 2 is 0.765 bits per heavy atom. The van der Waals surface area contributed by atoms with Gasteiger partial charge in [-0.3, -0.25) is 0 Å². The Morgan fingerprint density at radius 3 is 1.41 bits per heavy atom. The number of rotatable bonds is 5. The summed E-state index contributed by atoms with van der Waals surface area (Å²) < 4.78 is 6.68. The van der Waals surface area contributed by atoms with Gasteiger partial charge in [0, 0.05) is 32.8 Å². The second kappa shape index (κ2) is 11.9. The molecule has 238 valence electrons. The lowest BCUT2D eigenvalue weighted by molar-refractivity contribution is 0.673. The summed E-state index contributed by atoms with van der Waals surface area (Å²) >= 11 is 0. The van der Waals surface area contributed by atoms with Crippen LogP contribution in [0.2, 0.25) is 0 Å². The summed E-state index contributed by atoms with van der Waals surface area (Å²) in [5.41, 5.74) is 9.09. The SMILES string of the molecule is c1ccc(-c2nc(-c3ccccc3)nc(-c3cccc(-c4cccc(-c5cccc6oc7c8ccccc8c8ccccc8c7c56)c4)c3)n2)cc1. The third-order valence-electron chi connectivity index (χ3n) is 9.70. The van der Waals surface area contributed by atoms with Crippen molar-refractivity contribution in [1.29, 1.82) is 0 Å². The molecule has 0 aliphatic carbocycles. The van der Waals surface area contributed by atoms with Crippen LogP contribution in [0.1, 0.15) is 0 Å². The number of nitrogens with zero attached hydrogens (tertiary/aromatic N) is 3. The molecule has 0 N–H and O–H groups in total. The van der Waals surface area contributed by atoms with Gasteiger partial charge < -0.3 is 4.42 Å². The molecule has 51 heavy (non-hydrogen) atoms. The largest absolute Gasteiger partial charge is 0.455 e. The van der Waals surface area contributed by atoms with Crippen LogP contribution in [-0.4, -0.2) is 15.0 Å². The van der Waals surface area contributed by atoms with E-state index < -0.39 is 0 Å². The molecule has 0 unspecified atom stereocenters. The average Bonchev–Trinajstić information content (AvgIpc) is 3.62. The molecule has 0 radical (unpaired) electrons. The zero-order valence-electron chi connectivity index (χ0n) is 27.5. The maximum Gasteiger partial charge on any atom is 0.164 e. The van der Waals surface area contributed by atoms with Crippen LogP contribution in [-0.2, 0) is 0 Å². The van der Waals surface area contributed by atoms with Crippen molar-refractivity contribution in [2.75, 3.05) is 0 Å². The molecule has 0 saturated carbocycles. The number of hydrogen-bond donors (Lipinski definition) is 0. The van der Waals surface area contributed by atoms with Gasteiger partial charge in [0.1, 0.15) is 11.2 Å². The highest BCUT2D eigenvalue weighted by atomic mass is 16.3. The van der Waals surface area contributed by atoms with Crippen molar-refractivity contribution in [3.05, 3.63) is 176 Å². The standard InChI is InChI=1S/C47H29N3O/c1-3-14-30(15-4-1)45-48-46(31-16-5-2-6-17-31)50-47(49-45)35-21-12-19-33(29-35)32-18-11-20-34(28-32)36-26-13-27-41-42(36)43-39-24-9-7-22-37(39)38-23-8-10-25-40(38)44(43)51-41/h1-29H. The van der Waals surface area contributed by atoms with Crippen LogP contribution < -0.4 is 0 Å². The normalized spacial score (nSPS) is 11.5. The minimum absolute atomic E-state index is 0.634. The second-order valence-corrected chi connectivity index (χ2v) is 12.8. The summed E-state index contributed by atoms with van der Waals surface area (Å²) in [5.74, 6) is 1.93. The van der Waals surface area contributed by atoms with E-state index in [1.807, 2.05) is 60.7 Å². The van der Waals surface area contributed by atoms with E-state index in [1.165, 1.54) is 16.2 Å². The van der Waals surface area contributed by atoms with Gasteiger partial charge in [-0.2, -0.15) is 0 Å². The van der Waals surface area contributed by atoms with E-state index in [0.717, 1.165) is 66.3 Å². The van der Waals surface area contributed by atoms with Gasteiger partial charge >= 0.3 is 0 Å². The summed E-state index contributed by atoms with van der Waals surface area (Å²) in [4.78, 5) is 14.8. The molecule has 0 aliphatic rings. The van der Waals surface area contributed by atoms with E-state index in [2.05, 4.69) is 115 Å². The lowest BCUT2D eigenvalue weighted by Crippen LogP contribution is -2.00. The summed E-state index contributed by atoms with van der Waals surface area (Å²) in [6, 6.07) is 60.9. The van der Waals surface area contributed by atoms with E-state index >= 15 is 0 Å². The molecule has 0 atom stereocenters. The smallest absolute Gasteiger partial charge is 0.164 e. The fraction of sp³-hybridized carbons (Fsp3) is 0. The van der Waals surface area contributed by atoms with Crippen LogP contribution in [0.4, 0.5) is 0 Å². The molecular formula is C47H29N3O. The van der Waals surface area contributed by atoms with Gasteiger partial charge in [0.15, 0.2) is 17.5 Å². The van der Waals surface area contributed by atoms with Crippen LogP contribution in [0.5, 0.6) is 0 Å². The summed E-state index contributed by atoms with van der Waals surface area (Å²) in [7, 11) is 0. The van der Waals surface area contributed by atoms with Crippen molar-refractivity contribution in [3.8, 4) is 56.4 Å². The Hall–Kier alpha value is -6.91. The van der Waals surface area contributed by atoms with Crippen molar-refractivity contribution in [1.82, 2.24) is 15.0 Å². The first-order chi connectivity index (χ1) is 25.3. The maximum absolute atomic E-state index is 6.68. The maximum atomic E-state index is 6.68. The van der Waals surface area contributed by atoms with E-state index in [0.29, 0.717) is 17.5 Å². The van der Waals surface area contributed by atoms with Crippen molar-refractivity contribution in [3.63, 3.8) is 0 Å². The van der Waals surface area contributed by atoms with E-state index in [4.69, 9.17) is 19.4 Å². The zero-order valence-corrected chi connectivity index (χ0v) is 27.5. The molecule has 0 bridgehead atoms. The van der Waals surface area contributed by atoms with E-state index in [-0.39, 0.29) is 0 Å². The van der Waals surface area contributed by atoms with Gasteiger partial charge in [-0.15, -0.1) is 0 Å². The second-order valence-electron chi connectivity index (χ2n) is 12.8. The molecule has 0 aliphatic heterocycles. The quantitative estimate of drug-likeness (QED) is 0.174. The molecule has 10 aromatic rings. The molecule has 2 aromatic heterocycles. The molecule has 2 heterocycles. The van der Waals surface area contributed by atoms with Crippen LogP contribution in [0.25, 0.3) is 99.9 Å². The Kier molecular flexibility index (Phi) is 6.78. The first-order valence-corrected chi connectivity index (χ1v) is 17.1. The van der Waals surface area contributed by atoms with Crippen molar-refractivity contribution in [2.45, 2.75) is 0 Å². The predicted molar refractivity (Wildman–Crippen MR) is 209 cm³/mol. The summed E-state index contributed by atoms with van der Waals surface area (Å²) in [6.45, 7) is 0. The lowest BCUT2D eigenvalue weighted by atomic mass is 9.92. The molecule has 4 nitrogen and oxygen atoms in total.